The molecule has 1 aromatic carbocycles. The van der Waals surface area contributed by atoms with Crippen LogP contribution >= 0.6 is 11.6 Å². The van der Waals surface area contributed by atoms with Crippen molar-refractivity contribution in [3.8, 4) is 0 Å². The highest BCUT2D eigenvalue weighted by molar-refractivity contribution is 6.31. The van der Waals surface area contributed by atoms with Crippen LogP contribution < -0.4 is 5.32 Å². The standard InChI is InChI=1S/C10H9ClFNO2/c11-6-2-1-3-7(12)9(6)8-4-5-15-10(14)13-8/h1-3,8H,4-5H2,(H,13,14)/t8-/m0/s1. The van der Waals surface area contributed by atoms with Crippen LogP contribution in [0.25, 0.3) is 0 Å². The smallest absolute Gasteiger partial charge is 0.407 e. The minimum absolute atomic E-state index is 0.279. The number of benzene rings is 1. The van der Waals surface area contributed by atoms with Gasteiger partial charge in [-0.1, -0.05) is 17.7 Å². The van der Waals surface area contributed by atoms with Crippen LogP contribution in [0.2, 0.25) is 5.02 Å². The fraction of sp³-hybridized carbons (Fsp3) is 0.300. The highest BCUT2D eigenvalue weighted by Gasteiger charge is 2.25. The Morgan fingerprint density at radius 2 is 2.33 bits per heavy atom. The summed E-state index contributed by atoms with van der Waals surface area (Å²) in [5.41, 5.74) is 0.329. The molecule has 15 heavy (non-hydrogen) atoms. The third-order valence-corrected chi connectivity index (χ3v) is 2.61. The van der Waals surface area contributed by atoms with Gasteiger partial charge in [0.05, 0.1) is 12.6 Å². The summed E-state index contributed by atoms with van der Waals surface area (Å²) in [4.78, 5) is 11.0. The molecule has 1 N–H and O–H groups in total. The summed E-state index contributed by atoms with van der Waals surface area (Å²) in [5, 5.41) is 2.85. The number of nitrogens with one attached hydrogen (secondary N) is 1. The van der Waals surface area contributed by atoms with E-state index in [1.54, 1.807) is 6.07 Å². The van der Waals surface area contributed by atoms with Gasteiger partial charge in [0.25, 0.3) is 0 Å². The van der Waals surface area contributed by atoms with Gasteiger partial charge in [-0.05, 0) is 12.1 Å². The van der Waals surface area contributed by atoms with Crippen molar-refractivity contribution in [1.82, 2.24) is 5.32 Å². The lowest BCUT2D eigenvalue weighted by Gasteiger charge is -2.24. The molecule has 1 aliphatic rings. The van der Waals surface area contributed by atoms with E-state index >= 15 is 0 Å². The van der Waals surface area contributed by atoms with Gasteiger partial charge in [-0.15, -0.1) is 0 Å². The number of cyclic esters (lactones) is 1. The zero-order valence-electron chi connectivity index (χ0n) is 7.80. The van der Waals surface area contributed by atoms with Gasteiger partial charge in [0.15, 0.2) is 0 Å². The SMILES string of the molecule is O=C1N[C@H](c2c(F)cccc2Cl)CCO1. The maximum Gasteiger partial charge on any atom is 0.407 e. The lowest BCUT2D eigenvalue weighted by atomic mass is 10.0. The first-order valence-corrected chi connectivity index (χ1v) is 4.93. The molecule has 0 unspecified atom stereocenters. The Kier molecular flexibility index (Phi) is 2.77. The van der Waals surface area contributed by atoms with Crippen LogP contribution in [0.5, 0.6) is 0 Å². The number of hydrogen-bond donors (Lipinski definition) is 1. The maximum atomic E-state index is 13.5. The molecule has 0 bridgehead atoms. The van der Waals surface area contributed by atoms with E-state index < -0.39 is 18.0 Å². The predicted octanol–water partition coefficient (Wildman–Crippen LogP) is 2.65. The van der Waals surface area contributed by atoms with Gasteiger partial charge >= 0.3 is 6.09 Å². The van der Waals surface area contributed by atoms with E-state index in [9.17, 15) is 9.18 Å². The second kappa shape index (κ2) is 4.06. The second-order valence-electron chi connectivity index (χ2n) is 3.26. The first-order valence-electron chi connectivity index (χ1n) is 4.55. The van der Waals surface area contributed by atoms with Crippen LogP contribution in [0.3, 0.4) is 0 Å². The largest absolute Gasteiger partial charge is 0.449 e. The summed E-state index contributed by atoms with van der Waals surface area (Å²) in [6.45, 7) is 0.279. The van der Waals surface area contributed by atoms with E-state index in [0.717, 1.165) is 0 Å². The average molecular weight is 230 g/mol. The molecule has 3 nitrogen and oxygen atoms in total. The maximum absolute atomic E-state index is 13.5. The summed E-state index contributed by atoms with van der Waals surface area (Å²) in [6, 6.07) is 4.05. The molecule has 1 atom stereocenters. The molecular formula is C10H9ClFNO2. The zero-order chi connectivity index (χ0) is 10.8. The summed E-state index contributed by atoms with van der Waals surface area (Å²) < 4.78 is 18.2. The van der Waals surface area contributed by atoms with E-state index in [0.29, 0.717) is 17.0 Å². The Morgan fingerprint density at radius 3 is 3.00 bits per heavy atom. The van der Waals surface area contributed by atoms with Gasteiger partial charge in [0, 0.05) is 17.0 Å². The van der Waals surface area contributed by atoms with Crippen LogP contribution in [0.1, 0.15) is 18.0 Å². The normalized spacial score (nSPS) is 20.7. The van der Waals surface area contributed by atoms with Crippen LogP contribution in [0.15, 0.2) is 18.2 Å². The van der Waals surface area contributed by atoms with Crippen molar-refractivity contribution in [2.24, 2.45) is 0 Å². The molecule has 0 spiro atoms. The molecule has 2 rings (SSSR count). The Labute approximate surface area is 91.2 Å². The van der Waals surface area contributed by atoms with Crippen molar-refractivity contribution in [1.29, 1.82) is 0 Å². The quantitative estimate of drug-likeness (QED) is 0.804. The van der Waals surface area contributed by atoms with Gasteiger partial charge in [-0.3, -0.25) is 0 Å². The molecule has 0 radical (unpaired) electrons. The number of alkyl carbamates (subject to hydrolysis) is 1. The first-order chi connectivity index (χ1) is 7.18. The molecule has 1 amide bonds. The van der Waals surface area contributed by atoms with Crippen LogP contribution in [-0.2, 0) is 4.74 Å². The third kappa shape index (κ3) is 2.04. The van der Waals surface area contributed by atoms with Crippen LogP contribution in [-0.4, -0.2) is 12.7 Å². The molecule has 1 saturated heterocycles. The van der Waals surface area contributed by atoms with E-state index in [1.807, 2.05) is 0 Å². The molecule has 1 heterocycles. The third-order valence-electron chi connectivity index (χ3n) is 2.28. The molecule has 80 valence electrons. The van der Waals surface area contributed by atoms with Gasteiger partial charge < -0.3 is 10.1 Å². The van der Waals surface area contributed by atoms with Crippen molar-refractivity contribution in [2.45, 2.75) is 12.5 Å². The van der Waals surface area contributed by atoms with Crippen molar-refractivity contribution in [3.05, 3.63) is 34.6 Å². The Balaban J connectivity index is 2.32. The summed E-state index contributed by atoms with van der Waals surface area (Å²) in [6.07, 6.45) is -0.0163. The molecule has 0 aliphatic carbocycles. The molecule has 1 fully saturated rings. The molecule has 0 aromatic heterocycles. The fourth-order valence-electron chi connectivity index (χ4n) is 1.59. The average Bonchev–Trinajstić information content (AvgIpc) is 2.17. The number of carbonyl (C=O) groups is 1. The van der Waals surface area contributed by atoms with Crippen LogP contribution in [0.4, 0.5) is 9.18 Å². The van der Waals surface area contributed by atoms with E-state index in [2.05, 4.69) is 5.32 Å². The van der Waals surface area contributed by atoms with E-state index in [1.165, 1.54) is 12.1 Å². The van der Waals surface area contributed by atoms with Gasteiger partial charge in [0.2, 0.25) is 0 Å². The highest BCUT2D eigenvalue weighted by atomic mass is 35.5. The minimum atomic E-state index is -0.537. The minimum Gasteiger partial charge on any atom is -0.449 e. The summed E-state index contributed by atoms with van der Waals surface area (Å²) >= 11 is 5.88. The number of amides is 1. The van der Waals surface area contributed by atoms with Crippen LogP contribution in [0, 0.1) is 5.82 Å². The summed E-state index contributed by atoms with van der Waals surface area (Å²) in [7, 11) is 0. The van der Waals surface area contributed by atoms with Crippen molar-refractivity contribution in [2.75, 3.05) is 6.61 Å². The molecule has 1 aliphatic heterocycles. The summed E-state index contributed by atoms with van der Waals surface area (Å²) in [5.74, 6) is -0.408. The first kappa shape index (κ1) is 10.2. The van der Waals surface area contributed by atoms with Crippen molar-refractivity contribution >= 4 is 17.7 Å². The highest BCUT2D eigenvalue weighted by Crippen LogP contribution is 2.29. The molecular weight excluding hydrogens is 221 g/mol. The van der Waals surface area contributed by atoms with Crippen molar-refractivity contribution < 1.29 is 13.9 Å². The predicted molar refractivity (Wildman–Crippen MR) is 53.3 cm³/mol. The topological polar surface area (TPSA) is 38.3 Å². The number of ether oxygens (including phenoxy) is 1. The van der Waals surface area contributed by atoms with E-state index in [-0.39, 0.29) is 6.61 Å². The number of halogens is 2. The Hall–Kier alpha value is -1.29. The molecule has 1 aromatic rings. The fourth-order valence-corrected chi connectivity index (χ4v) is 1.88. The number of hydrogen-bond acceptors (Lipinski definition) is 2. The number of rotatable bonds is 1. The van der Waals surface area contributed by atoms with E-state index in [4.69, 9.17) is 16.3 Å². The second-order valence-corrected chi connectivity index (χ2v) is 3.66. The Bertz CT molecular complexity index is 377. The zero-order valence-corrected chi connectivity index (χ0v) is 8.55. The lowest BCUT2D eigenvalue weighted by molar-refractivity contribution is 0.115. The molecule has 5 heteroatoms. The number of carbonyl (C=O) groups excluding carboxylic acids is 1. The van der Waals surface area contributed by atoms with Gasteiger partial charge in [0.1, 0.15) is 5.82 Å². The lowest BCUT2D eigenvalue weighted by Crippen LogP contribution is -2.35. The molecule has 0 saturated carbocycles. The van der Waals surface area contributed by atoms with Gasteiger partial charge in [-0.2, -0.15) is 0 Å². The van der Waals surface area contributed by atoms with Crippen molar-refractivity contribution in [3.63, 3.8) is 0 Å². The monoisotopic (exact) mass is 229 g/mol. The Morgan fingerprint density at radius 1 is 1.53 bits per heavy atom. The van der Waals surface area contributed by atoms with Gasteiger partial charge in [-0.25, -0.2) is 9.18 Å².